The smallest absolute Gasteiger partial charge is 0.135 e. The first-order valence-corrected chi connectivity index (χ1v) is 11.6. The normalized spacial score (nSPS) is 10.9. The molecule has 0 bridgehead atoms. The van der Waals surface area contributed by atoms with E-state index in [1.165, 1.54) is 0 Å². The van der Waals surface area contributed by atoms with Crippen molar-refractivity contribution in [2.24, 2.45) is 35.5 Å². The molecular formula is C26H50O4. The molecule has 0 spiro atoms. The van der Waals surface area contributed by atoms with Crippen LogP contribution in [-0.2, 0) is 19.2 Å². The van der Waals surface area contributed by atoms with Gasteiger partial charge < -0.3 is 0 Å². The Hall–Kier alpha value is -1.32. The summed E-state index contributed by atoms with van der Waals surface area (Å²) in [7, 11) is 0. The van der Waals surface area contributed by atoms with Gasteiger partial charge in [0.05, 0.1) is 0 Å². The van der Waals surface area contributed by atoms with Gasteiger partial charge in [-0.15, -0.1) is 0 Å². The summed E-state index contributed by atoms with van der Waals surface area (Å²) >= 11 is 0. The predicted molar refractivity (Wildman–Crippen MR) is 128 cm³/mol. The van der Waals surface area contributed by atoms with Crippen LogP contribution in [0.15, 0.2) is 0 Å². The van der Waals surface area contributed by atoms with Gasteiger partial charge in [-0.25, -0.2) is 0 Å². The third-order valence-electron chi connectivity index (χ3n) is 4.41. The zero-order chi connectivity index (χ0) is 24.6. The van der Waals surface area contributed by atoms with E-state index >= 15 is 0 Å². The number of rotatable bonds is 11. The number of carbonyl (C=O) groups is 4. The van der Waals surface area contributed by atoms with Crippen molar-refractivity contribution < 1.29 is 19.2 Å². The molecule has 0 aromatic carbocycles. The van der Waals surface area contributed by atoms with Crippen molar-refractivity contribution in [3.8, 4) is 0 Å². The molecule has 0 radical (unpaired) electrons. The Balaban J connectivity index is -0.000000371. The van der Waals surface area contributed by atoms with Crippen LogP contribution in [0.2, 0.25) is 0 Å². The van der Waals surface area contributed by atoms with E-state index in [2.05, 4.69) is 27.7 Å². The minimum Gasteiger partial charge on any atom is -0.299 e. The second kappa shape index (κ2) is 18.4. The van der Waals surface area contributed by atoms with E-state index < -0.39 is 0 Å². The maximum Gasteiger partial charge on any atom is 0.135 e. The zero-order valence-electron chi connectivity index (χ0n) is 21.9. The lowest BCUT2D eigenvalue weighted by Gasteiger charge is -2.05. The van der Waals surface area contributed by atoms with Gasteiger partial charge in [-0.05, 0) is 11.8 Å². The Morgan fingerprint density at radius 3 is 0.700 bits per heavy atom. The molecule has 0 N–H and O–H groups in total. The molecule has 0 amide bonds. The summed E-state index contributed by atoms with van der Waals surface area (Å²) < 4.78 is 0. The van der Waals surface area contributed by atoms with Crippen molar-refractivity contribution in [1.82, 2.24) is 0 Å². The minimum absolute atomic E-state index is 0.0602. The molecule has 4 nitrogen and oxygen atoms in total. The topological polar surface area (TPSA) is 68.3 Å². The van der Waals surface area contributed by atoms with Gasteiger partial charge in [0.2, 0.25) is 0 Å². The zero-order valence-corrected chi connectivity index (χ0v) is 21.9. The Morgan fingerprint density at radius 2 is 0.600 bits per heavy atom. The average molecular weight is 427 g/mol. The highest BCUT2D eigenvalue weighted by Gasteiger charge is 2.12. The van der Waals surface area contributed by atoms with E-state index in [4.69, 9.17) is 0 Å². The van der Waals surface area contributed by atoms with Crippen LogP contribution < -0.4 is 0 Å². The van der Waals surface area contributed by atoms with Gasteiger partial charge in [0, 0.05) is 49.4 Å². The predicted octanol–water partition coefficient (Wildman–Crippen LogP) is 6.73. The molecule has 4 heteroatoms. The van der Waals surface area contributed by atoms with E-state index in [1.54, 1.807) is 0 Å². The molecular weight excluding hydrogens is 376 g/mol. The van der Waals surface area contributed by atoms with Crippen molar-refractivity contribution in [2.45, 2.75) is 109 Å². The van der Waals surface area contributed by atoms with Crippen molar-refractivity contribution >= 4 is 23.1 Å². The molecule has 0 saturated carbocycles. The summed E-state index contributed by atoms with van der Waals surface area (Å²) in [5.41, 5.74) is 0. The second-order valence-corrected chi connectivity index (χ2v) is 10.2. The maximum absolute atomic E-state index is 11.1. The Kier molecular flexibility index (Phi) is 20.5. The molecule has 0 aliphatic carbocycles. The molecule has 0 rings (SSSR count). The van der Waals surface area contributed by atoms with E-state index in [0.717, 1.165) is 12.8 Å². The fourth-order valence-corrected chi connectivity index (χ4v) is 2.10. The number of Topliss-reactive ketones (excluding diaryl/α,β-unsaturated/α-hetero) is 4. The number of hydrogen-bond acceptors (Lipinski definition) is 4. The fraction of sp³-hybridized carbons (Fsp3) is 0.846. The van der Waals surface area contributed by atoms with Gasteiger partial charge in [-0.3, -0.25) is 19.2 Å². The van der Waals surface area contributed by atoms with Crippen LogP contribution in [0.25, 0.3) is 0 Å². The van der Waals surface area contributed by atoms with E-state index in [9.17, 15) is 19.2 Å². The van der Waals surface area contributed by atoms with Crippen LogP contribution in [0.3, 0.4) is 0 Å². The molecule has 0 fully saturated rings. The highest BCUT2D eigenvalue weighted by molar-refractivity contribution is 5.87. The first-order valence-electron chi connectivity index (χ1n) is 11.6. The molecule has 0 unspecified atom stereocenters. The van der Waals surface area contributed by atoms with Crippen LogP contribution in [0, 0.1) is 35.5 Å². The lowest BCUT2D eigenvalue weighted by Crippen LogP contribution is -2.12. The quantitative estimate of drug-likeness (QED) is 0.367. The van der Waals surface area contributed by atoms with Crippen LogP contribution >= 0.6 is 0 Å². The Labute approximate surface area is 187 Å². The lowest BCUT2D eigenvalue weighted by atomic mass is 9.99. The van der Waals surface area contributed by atoms with E-state index in [1.807, 2.05) is 55.4 Å². The molecule has 0 saturated heterocycles. The highest BCUT2D eigenvalue weighted by Crippen LogP contribution is 2.07. The molecule has 0 aliphatic heterocycles. The van der Waals surface area contributed by atoms with Gasteiger partial charge in [0.25, 0.3) is 0 Å². The van der Waals surface area contributed by atoms with E-state index in [0.29, 0.717) is 36.2 Å². The third-order valence-corrected chi connectivity index (χ3v) is 4.41. The van der Waals surface area contributed by atoms with Gasteiger partial charge in [-0.2, -0.15) is 0 Å². The van der Waals surface area contributed by atoms with Gasteiger partial charge in [0.15, 0.2) is 0 Å². The summed E-state index contributed by atoms with van der Waals surface area (Å²) in [5.74, 6) is 2.71. The summed E-state index contributed by atoms with van der Waals surface area (Å²) in [5, 5.41) is 0. The summed E-state index contributed by atoms with van der Waals surface area (Å²) in [4.78, 5) is 44.1. The van der Waals surface area contributed by atoms with Crippen molar-refractivity contribution in [3.63, 3.8) is 0 Å². The summed E-state index contributed by atoms with van der Waals surface area (Å²) in [6.45, 7) is 23.5. The van der Waals surface area contributed by atoms with Crippen LogP contribution in [0.5, 0.6) is 0 Å². The van der Waals surface area contributed by atoms with Crippen LogP contribution in [0.4, 0.5) is 0 Å². The molecule has 0 aliphatic rings. The highest BCUT2D eigenvalue weighted by atomic mass is 16.1. The van der Waals surface area contributed by atoms with Crippen molar-refractivity contribution in [3.05, 3.63) is 0 Å². The Morgan fingerprint density at radius 1 is 0.400 bits per heavy atom. The fourth-order valence-electron chi connectivity index (χ4n) is 2.10. The van der Waals surface area contributed by atoms with Crippen LogP contribution in [-0.4, -0.2) is 23.1 Å². The van der Waals surface area contributed by atoms with Gasteiger partial charge >= 0.3 is 0 Å². The van der Waals surface area contributed by atoms with Crippen molar-refractivity contribution in [1.29, 1.82) is 0 Å². The second-order valence-electron chi connectivity index (χ2n) is 10.2. The first-order chi connectivity index (χ1) is 13.5. The molecule has 178 valence electrons. The average Bonchev–Trinajstić information content (AvgIpc) is 2.58. The number of carbonyl (C=O) groups excluding carboxylic acids is 4. The number of hydrogen-bond donors (Lipinski definition) is 0. The Bertz CT molecular complexity index is 451. The molecule has 0 aromatic rings. The molecule has 0 heterocycles. The first kappa shape index (κ1) is 33.3. The summed E-state index contributed by atoms with van der Waals surface area (Å²) in [6, 6.07) is 0. The van der Waals surface area contributed by atoms with Gasteiger partial charge in [0.1, 0.15) is 23.1 Å². The number of ketones is 4. The van der Waals surface area contributed by atoms with Crippen LogP contribution in [0.1, 0.15) is 109 Å². The summed E-state index contributed by atoms with van der Waals surface area (Å²) in [6.07, 6.45) is 2.29. The molecule has 0 aromatic heterocycles. The molecule has 30 heavy (non-hydrogen) atoms. The molecule has 0 atom stereocenters. The monoisotopic (exact) mass is 426 g/mol. The maximum atomic E-state index is 11.1. The lowest BCUT2D eigenvalue weighted by molar-refractivity contribution is -0.127. The third kappa shape index (κ3) is 23.0. The van der Waals surface area contributed by atoms with Crippen molar-refractivity contribution in [2.75, 3.05) is 0 Å². The van der Waals surface area contributed by atoms with E-state index in [-0.39, 0.29) is 35.2 Å². The SMILES string of the molecule is CC(C)C(=O)CCC(=O)C(C)C.CC(C)CC(=O)C(C)C.CC(C)CC(=O)C(C)C. The van der Waals surface area contributed by atoms with Gasteiger partial charge in [-0.1, -0.05) is 83.1 Å². The standard InChI is InChI=1S/C10H18O2.2C8H16O/c1-7(2)9(11)5-6-10(12)8(3)4;2*1-6(2)5-8(9)7(3)4/h7-8H,5-6H2,1-4H3;2*6-7H,5H2,1-4H3. The minimum atomic E-state index is 0.0602. The largest absolute Gasteiger partial charge is 0.299 e.